The van der Waals surface area contributed by atoms with Crippen molar-refractivity contribution in [3.8, 4) is 0 Å². The van der Waals surface area contributed by atoms with Crippen molar-refractivity contribution in [1.82, 2.24) is 0 Å². The third kappa shape index (κ3) is 3.40. The maximum absolute atomic E-state index is 10.4. The van der Waals surface area contributed by atoms with Crippen LogP contribution in [0.1, 0.15) is 85.0 Å². The SMILES string of the molecule is CC(C[C@H]1C[C@H]2CCCCC2C1[C@H](C)O)C1CCCC[C@@H]1C. The minimum Gasteiger partial charge on any atom is -0.393 e. The van der Waals surface area contributed by atoms with Gasteiger partial charge in [-0.3, -0.25) is 0 Å². The van der Waals surface area contributed by atoms with Crippen molar-refractivity contribution in [2.45, 2.75) is 91.1 Å². The largest absolute Gasteiger partial charge is 0.393 e. The summed E-state index contributed by atoms with van der Waals surface area (Å²) < 4.78 is 0. The van der Waals surface area contributed by atoms with Gasteiger partial charge in [-0.1, -0.05) is 52.4 Å². The van der Waals surface area contributed by atoms with E-state index in [-0.39, 0.29) is 6.10 Å². The van der Waals surface area contributed by atoms with Gasteiger partial charge in [-0.15, -0.1) is 0 Å². The Morgan fingerprint density at radius 2 is 1.64 bits per heavy atom. The fourth-order valence-corrected chi connectivity index (χ4v) is 6.78. The highest BCUT2D eigenvalue weighted by atomic mass is 16.3. The smallest absolute Gasteiger partial charge is 0.0545 e. The molecule has 3 aliphatic rings. The lowest BCUT2D eigenvalue weighted by Gasteiger charge is -2.37. The van der Waals surface area contributed by atoms with Crippen LogP contribution in [0.4, 0.5) is 0 Å². The standard InChI is InChI=1S/C21H38O/c1-14-8-4-6-10-19(14)15(2)12-18-13-17-9-5-7-11-20(17)21(18)16(3)22/h14-22H,4-13H2,1-3H3/t14-,15?,16-,17+,18-,19?,20?,21?/m0/s1. The molecule has 3 saturated carbocycles. The summed E-state index contributed by atoms with van der Waals surface area (Å²) >= 11 is 0. The molecule has 1 nitrogen and oxygen atoms in total. The van der Waals surface area contributed by atoms with Gasteiger partial charge in [-0.05, 0) is 74.0 Å². The molecule has 3 rings (SSSR count). The van der Waals surface area contributed by atoms with Crippen molar-refractivity contribution in [1.29, 1.82) is 0 Å². The maximum atomic E-state index is 10.4. The lowest BCUT2D eigenvalue weighted by molar-refractivity contribution is 0.0484. The van der Waals surface area contributed by atoms with Crippen LogP contribution >= 0.6 is 0 Å². The highest BCUT2D eigenvalue weighted by Gasteiger charge is 2.46. The van der Waals surface area contributed by atoms with E-state index in [2.05, 4.69) is 20.8 Å². The third-order valence-corrected chi connectivity index (χ3v) is 7.75. The highest BCUT2D eigenvalue weighted by Crippen LogP contribution is 2.53. The predicted octanol–water partition coefficient (Wildman–Crippen LogP) is 5.66. The molecular formula is C21H38O. The van der Waals surface area contributed by atoms with Crippen molar-refractivity contribution in [3.63, 3.8) is 0 Å². The van der Waals surface area contributed by atoms with E-state index in [0.717, 1.165) is 35.5 Å². The molecule has 0 spiro atoms. The van der Waals surface area contributed by atoms with Gasteiger partial charge in [0.1, 0.15) is 0 Å². The summed E-state index contributed by atoms with van der Waals surface area (Å²) in [6.07, 6.45) is 14.2. The molecule has 0 aromatic carbocycles. The van der Waals surface area contributed by atoms with E-state index in [9.17, 15) is 5.11 Å². The van der Waals surface area contributed by atoms with Gasteiger partial charge in [0.25, 0.3) is 0 Å². The summed E-state index contributed by atoms with van der Waals surface area (Å²) in [5.41, 5.74) is 0. The fraction of sp³-hybridized carbons (Fsp3) is 1.00. The second-order valence-electron chi connectivity index (χ2n) is 9.16. The van der Waals surface area contributed by atoms with E-state index >= 15 is 0 Å². The molecule has 0 saturated heterocycles. The van der Waals surface area contributed by atoms with Crippen LogP contribution in [-0.4, -0.2) is 11.2 Å². The molecule has 0 aliphatic heterocycles. The van der Waals surface area contributed by atoms with Crippen LogP contribution in [0, 0.1) is 41.4 Å². The van der Waals surface area contributed by atoms with Crippen molar-refractivity contribution < 1.29 is 5.11 Å². The second kappa shape index (κ2) is 7.24. The summed E-state index contributed by atoms with van der Waals surface area (Å²) in [4.78, 5) is 0. The van der Waals surface area contributed by atoms with Gasteiger partial charge in [0, 0.05) is 0 Å². The number of rotatable bonds is 4. The number of aliphatic hydroxyl groups is 1. The zero-order valence-electron chi connectivity index (χ0n) is 15.1. The van der Waals surface area contributed by atoms with Crippen molar-refractivity contribution >= 4 is 0 Å². The molecule has 1 heteroatoms. The minimum absolute atomic E-state index is 0.0888. The number of fused-ring (bicyclic) bond motifs is 1. The first-order valence-corrected chi connectivity index (χ1v) is 10.3. The third-order valence-electron chi connectivity index (χ3n) is 7.75. The van der Waals surface area contributed by atoms with E-state index in [1.54, 1.807) is 0 Å². The Labute approximate surface area is 138 Å². The topological polar surface area (TPSA) is 20.2 Å². The fourth-order valence-electron chi connectivity index (χ4n) is 6.78. The normalized spacial score (nSPS) is 45.3. The van der Waals surface area contributed by atoms with Gasteiger partial charge in [0.05, 0.1) is 6.10 Å². The summed E-state index contributed by atoms with van der Waals surface area (Å²) in [6.45, 7) is 7.08. The molecular weight excluding hydrogens is 268 g/mol. The lowest BCUT2D eigenvalue weighted by Crippen LogP contribution is -2.31. The summed E-state index contributed by atoms with van der Waals surface area (Å²) in [5.74, 6) is 5.93. The van der Waals surface area contributed by atoms with Gasteiger partial charge in [0.15, 0.2) is 0 Å². The first kappa shape index (κ1) is 16.8. The molecule has 3 fully saturated rings. The van der Waals surface area contributed by atoms with E-state index in [1.165, 1.54) is 64.2 Å². The molecule has 0 aromatic heterocycles. The number of aliphatic hydroxyl groups excluding tert-OH is 1. The lowest BCUT2D eigenvalue weighted by atomic mass is 9.69. The van der Waals surface area contributed by atoms with Crippen LogP contribution in [0.5, 0.6) is 0 Å². The van der Waals surface area contributed by atoms with Crippen LogP contribution in [0.3, 0.4) is 0 Å². The number of hydrogen-bond donors (Lipinski definition) is 1. The van der Waals surface area contributed by atoms with Gasteiger partial charge >= 0.3 is 0 Å². The molecule has 0 heterocycles. The summed E-state index contributed by atoms with van der Waals surface area (Å²) in [7, 11) is 0. The minimum atomic E-state index is -0.0888. The molecule has 0 bridgehead atoms. The monoisotopic (exact) mass is 306 g/mol. The molecule has 3 aliphatic carbocycles. The molecule has 4 unspecified atom stereocenters. The van der Waals surface area contributed by atoms with Crippen molar-refractivity contribution in [2.75, 3.05) is 0 Å². The molecule has 0 aromatic rings. The second-order valence-corrected chi connectivity index (χ2v) is 9.16. The summed E-state index contributed by atoms with van der Waals surface area (Å²) in [5, 5.41) is 10.4. The molecule has 128 valence electrons. The first-order valence-electron chi connectivity index (χ1n) is 10.3. The summed E-state index contributed by atoms with van der Waals surface area (Å²) in [6, 6.07) is 0. The quantitative estimate of drug-likeness (QED) is 0.710. The van der Waals surface area contributed by atoms with Crippen molar-refractivity contribution in [2.24, 2.45) is 41.4 Å². The Balaban J connectivity index is 1.64. The zero-order valence-corrected chi connectivity index (χ0v) is 15.1. The molecule has 0 amide bonds. The van der Waals surface area contributed by atoms with E-state index < -0.39 is 0 Å². The van der Waals surface area contributed by atoms with Gasteiger partial charge in [-0.25, -0.2) is 0 Å². The van der Waals surface area contributed by atoms with Crippen LogP contribution in [0.25, 0.3) is 0 Å². The Bertz CT molecular complexity index is 350. The molecule has 1 N–H and O–H groups in total. The van der Waals surface area contributed by atoms with Crippen molar-refractivity contribution in [3.05, 3.63) is 0 Å². The molecule has 22 heavy (non-hydrogen) atoms. The van der Waals surface area contributed by atoms with Crippen LogP contribution in [0.15, 0.2) is 0 Å². The Morgan fingerprint density at radius 3 is 2.36 bits per heavy atom. The molecule has 0 radical (unpaired) electrons. The average molecular weight is 307 g/mol. The van der Waals surface area contributed by atoms with Gasteiger partial charge in [-0.2, -0.15) is 0 Å². The van der Waals surface area contributed by atoms with E-state index in [1.807, 2.05) is 0 Å². The van der Waals surface area contributed by atoms with Crippen LogP contribution < -0.4 is 0 Å². The molecule has 8 atom stereocenters. The average Bonchev–Trinajstić information content (AvgIpc) is 2.85. The number of hydrogen-bond acceptors (Lipinski definition) is 1. The van der Waals surface area contributed by atoms with Gasteiger partial charge in [0.2, 0.25) is 0 Å². The predicted molar refractivity (Wildman–Crippen MR) is 93.6 cm³/mol. The van der Waals surface area contributed by atoms with Crippen LogP contribution in [0.2, 0.25) is 0 Å². The Morgan fingerprint density at radius 1 is 0.955 bits per heavy atom. The van der Waals surface area contributed by atoms with Crippen LogP contribution in [-0.2, 0) is 0 Å². The van der Waals surface area contributed by atoms with E-state index in [4.69, 9.17) is 0 Å². The van der Waals surface area contributed by atoms with Gasteiger partial charge < -0.3 is 5.11 Å². The first-order chi connectivity index (χ1) is 10.6. The zero-order chi connectivity index (χ0) is 15.7. The van der Waals surface area contributed by atoms with E-state index in [0.29, 0.717) is 5.92 Å². The Kier molecular flexibility index (Phi) is 5.53. The maximum Gasteiger partial charge on any atom is 0.0545 e. The highest BCUT2D eigenvalue weighted by molar-refractivity contribution is 4.96. The Hall–Kier alpha value is -0.0400.